The van der Waals surface area contributed by atoms with Gasteiger partial charge in [-0.25, -0.2) is 4.79 Å². The molecule has 1 aromatic heterocycles. The van der Waals surface area contributed by atoms with Crippen LogP contribution in [-0.2, 0) is 19.5 Å². The predicted octanol–water partition coefficient (Wildman–Crippen LogP) is 2.39. The minimum Gasteiger partial charge on any atom is -0.491 e. The third-order valence-electron chi connectivity index (χ3n) is 3.85. The van der Waals surface area contributed by atoms with Crippen LogP contribution in [0.4, 0.5) is 4.79 Å². The van der Waals surface area contributed by atoms with E-state index in [9.17, 15) is 4.79 Å². The van der Waals surface area contributed by atoms with Gasteiger partial charge in [-0.05, 0) is 29.5 Å². The molecule has 0 aliphatic carbocycles. The Bertz CT molecular complexity index is 671. The van der Waals surface area contributed by atoms with Gasteiger partial charge in [-0.15, -0.1) is 11.3 Å². The highest BCUT2D eigenvalue weighted by molar-refractivity contribution is 7.10. The Morgan fingerprint density at radius 1 is 1.35 bits per heavy atom. The monoisotopic (exact) mass is 332 g/mol. The summed E-state index contributed by atoms with van der Waals surface area (Å²) in [6.45, 7) is 2.05. The molecule has 122 valence electrons. The second kappa shape index (κ2) is 7.48. The molecule has 23 heavy (non-hydrogen) atoms. The number of amides is 2. The smallest absolute Gasteiger partial charge is 0.317 e. The van der Waals surface area contributed by atoms with Crippen molar-refractivity contribution < 1.29 is 14.6 Å². The van der Waals surface area contributed by atoms with Gasteiger partial charge in [0, 0.05) is 30.1 Å². The molecule has 0 bridgehead atoms. The lowest BCUT2D eigenvalue weighted by atomic mass is 10.1. The number of nitrogens with one attached hydrogen (secondary N) is 1. The number of carbonyl (C=O) groups is 1. The van der Waals surface area contributed by atoms with Crippen LogP contribution in [0.15, 0.2) is 35.7 Å². The van der Waals surface area contributed by atoms with E-state index < -0.39 is 0 Å². The molecule has 0 saturated heterocycles. The van der Waals surface area contributed by atoms with E-state index in [0.717, 1.165) is 18.5 Å². The molecule has 1 aliphatic rings. The maximum atomic E-state index is 12.4. The van der Waals surface area contributed by atoms with Gasteiger partial charge in [-0.2, -0.15) is 0 Å². The van der Waals surface area contributed by atoms with Gasteiger partial charge in [0.15, 0.2) is 0 Å². The summed E-state index contributed by atoms with van der Waals surface area (Å²) in [7, 11) is 0. The summed E-state index contributed by atoms with van der Waals surface area (Å²) >= 11 is 1.76. The zero-order chi connectivity index (χ0) is 16.1. The van der Waals surface area contributed by atoms with Crippen molar-refractivity contribution in [1.29, 1.82) is 0 Å². The first-order valence-corrected chi connectivity index (χ1v) is 8.55. The average molecular weight is 332 g/mol. The fraction of sp³-hybridized carbons (Fsp3) is 0.353. The minimum atomic E-state index is -0.0567. The van der Waals surface area contributed by atoms with E-state index in [0.29, 0.717) is 18.8 Å². The number of fused-ring (bicyclic) bond motifs is 1. The molecule has 0 saturated carbocycles. The molecule has 2 amide bonds. The Hall–Kier alpha value is -2.05. The van der Waals surface area contributed by atoms with Gasteiger partial charge in [0.1, 0.15) is 12.4 Å². The van der Waals surface area contributed by atoms with Crippen molar-refractivity contribution >= 4 is 17.4 Å². The van der Waals surface area contributed by atoms with Crippen molar-refractivity contribution in [2.75, 3.05) is 19.8 Å². The number of ether oxygens (including phenoxy) is 1. The molecule has 2 aromatic rings. The lowest BCUT2D eigenvalue weighted by Crippen LogP contribution is -2.42. The Morgan fingerprint density at radius 2 is 2.22 bits per heavy atom. The molecule has 1 aliphatic heterocycles. The van der Waals surface area contributed by atoms with Crippen LogP contribution >= 0.6 is 11.3 Å². The van der Waals surface area contributed by atoms with E-state index in [1.54, 1.807) is 11.3 Å². The van der Waals surface area contributed by atoms with E-state index in [1.165, 1.54) is 10.4 Å². The fourth-order valence-electron chi connectivity index (χ4n) is 2.65. The standard InChI is InChI=1S/C17H20N2O3S/c20-8-9-22-15-4-2-1-3-13(15)11-18-17(21)19-7-5-16-14(12-19)6-10-23-16/h1-4,6,10,20H,5,7-9,11-12H2,(H,18,21). The highest BCUT2D eigenvalue weighted by Gasteiger charge is 2.21. The molecule has 6 heteroatoms. The van der Waals surface area contributed by atoms with Crippen LogP contribution in [0.3, 0.4) is 0 Å². The van der Waals surface area contributed by atoms with Crippen LogP contribution in [0, 0.1) is 0 Å². The van der Waals surface area contributed by atoms with Crippen molar-refractivity contribution in [2.24, 2.45) is 0 Å². The van der Waals surface area contributed by atoms with Gasteiger partial charge in [0.25, 0.3) is 0 Å². The van der Waals surface area contributed by atoms with Crippen molar-refractivity contribution in [1.82, 2.24) is 10.2 Å². The minimum absolute atomic E-state index is 0.0303. The summed E-state index contributed by atoms with van der Waals surface area (Å²) in [6, 6.07) is 9.58. The number of urea groups is 1. The van der Waals surface area contributed by atoms with Gasteiger partial charge in [-0.1, -0.05) is 18.2 Å². The van der Waals surface area contributed by atoms with Gasteiger partial charge in [0.05, 0.1) is 6.61 Å². The molecule has 0 fully saturated rings. The number of hydrogen-bond acceptors (Lipinski definition) is 4. The van der Waals surface area contributed by atoms with Crippen LogP contribution < -0.4 is 10.1 Å². The average Bonchev–Trinajstić information content (AvgIpc) is 3.06. The summed E-state index contributed by atoms with van der Waals surface area (Å²) < 4.78 is 5.49. The SMILES string of the molecule is O=C(NCc1ccccc1OCCO)N1CCc2sccc2C1. The molecule has 0 unspecified atom stereocenters. The van der Waals surface area contributed by atoms with E-state index in [4.69, 9.17) is 9.84 Å². The lowest BCUT2D eigenvalue weighted by molar-refractivity contribution is 0.191. The number of rotatable bonds is 5. The van der Waals surface area contributed by atoms with Gasteiger partial charge >= 0.3 is 6.03 Å². The maximum Gasteiger partial charge on any atom is 0.317 e. The van der Waals surface area contributed by atoms with E-state index >= 15 is 0 Å². The Morgan fingerprint density at radius 3 is 3.09 bits per heavy atom. The summed E-state index contributed by atoms with van der Waals surface area (Å²) in [5, 5.41) is 13.9. The summed E-state index contributed by atoms with van der Waals surface area (Å²) in [4.78, 5) is 15.6. The van der Waals surface area contributed by atoms with Crippen molar-refractivity contribution in [3.8, 4) is 5.75 Å². The Labute approximate surface area is 139 Å². The lowest BCUT2D eigenvalue weighted by Gasteiger charge is -2.27. The van der Waals surface area contributed by atoms with Crippen molar-refractivity contribution in [2.45, 2.75) is 19.5 Å². The molecular weight excluding hydrogens is 312 g/mol. The molecule has 0 spiro atoms. The highest BCUT2D eigenvalue weighted by Crippen LogP contribution is 2.24. The number of para-hydroxylation sites is 1. The van der Waals surface area contributed by atoms with E-state index in [-0.39, 0.29) is 19.2 Å². The van der Waals surface area contributed by atoms with Crippen LogP contribution in [-0.4, -0.2) is 35.8 Å². The van der Waals surface area contributed by atoms with Gasteiger partial charge < -0.3 is 20.1 Å². The number of hydrogen-bond donors (Lipinski definition) is 2. The number of carbonyl (C=O) groups excluding carboxylic acids is 1. The number of thiophene rings is 1. The van der Waals surface area contributed by atoms with Crippen molar-refractivity contribution in [3.05, 3.63) is 51.7 Å². The van der Waals surface area contributed by atoms with Crippen LogP contribution in [0.1, 0.15) is 16.0 Å². The van der Waals surface area contributed by atoms with Crippen LogP contribution in [0.5, 0.6) is 5.75 Å². The quantitative estimate of drug-likeness (QED) is 0.884. The number of aliphatic hydroxyl groups excluding tert-OH is 1. The van der Waals surface area contributed by atoms with Crippen molar-refractivity contribution in [3.63, 3.8) is 0 Å². The Kier molecular flexibility index (Phi) is 5.15. The molecule has 2 heterocycles. The van der Waals surface area contributed by atoms with Gasteiger partial charge in [-0.3, -0.25) is 0 Å². The first-order valence-electron chi connectivity index (χ1n) is 7.67. The van der Waals surface area contributed by atoms with E-state index in [2.05, 4.69) is 16.8 Å². The Balaban J connectivity index is 1.57. The molecule has 0 atom stereocenters. The summed E-state index contributed by atoms with van der Waals surface area (Å²) in [5.41, 5.74) is 2.16. The van der Waals surface area contributed by atoms with Crippen LogP contribution in [0.25, 0.3) is 0 Å². The molecule has 3 rings (SSSR count). The van der Waals surface area contributed by atoms with E-state index in [1.807, 2.05) is 29.2 Å². The molecule has 2 N–H and O–H groups in total. The summed E-state index contributed by atoms with van der Waals surface area (Å²) in [6.07, 6.45) is 0.927. The van der Waals surface area contributed by atoms with Crippen LogP contribution in [0.2, 0.25) is 0 Å². The van der Waals surface area contributed by atoms with Gasteiger partial charge in [0.2, 0.25) is 0 Å². The second-order valence-corrected chi connectivity index (χ2v) is 6.38. The number of aliphatic hydroxyl groups is 1. The molecular formula is C17H20N2O3S. The first-order chi connectivity index (χ1) is 11.3. The third-order valence-corrected chi connectivity index (χ3v) is 4.87. The number of nitrogens with zero attached hydrogens (tertiary/aromatic N) is 1. The normalized spacial score (nSPS) is 13.5. The number of benzene rings is 1. The molecule has 5 nitrogen and oxygen atoms in total. The summed E-state index contributed by atoms with van der Waals surface area (Å²) in [5.74, 6) is 0.695. The highest BCUT2D eigenvalue weighted by atomic mass is 32.1. The zero-order valence-electron chi connectivity index (χ0n) is 12.8. The fourth-order valence-corrected chi connectivity index (χ4v) is 3.54. The first kappa shape index (κ1) is 15.8. The maximum absolute atomic E-state index is 12.4. The molecule has 1 aromatic carbocycles. The third kappa shape index (κ3) is 3.83. The predicted molar refractivity (Wildman–Crippen MR) is 89.7 cm³/mol. The molecule has 0 radical (unpaired) electrons. The topological polar surface area (TPSA) is 61.8 Å². The largest absolute Gasteiger partial charge is 0.491 e. The second-order valence-electron chi connectivity index (χ2n) is 5.38. The zero-order valence-corrected chi connectivity index (χ0v) is 13.6.